The predicted molar refractivity (Wildman–Crippen MR) is 68.3 cm³/mol. The van der Waals surface area contributed by atoms with E-state index in [4.69, 9.17) is 0 Å². The highest BCUT2D eigenvalue weighted by Gasteiger charge is 2.10. The summed E-state index contributed by atoms with van der Waals surface area (Å²) in [6, 6.07) is 9.48. The van der Waals surface area contributed by atoms with Crippen molar-refractivity contribution in [3.63, 3.8) is 0 Å². The van der Waals surface area contributed by atoms with Gasteiger partial charge < -0.3 is 10.3 Å². The lowest BCUT2D eigenvalue weighted by molar-refractivity contribution is 0.102. The molecule has 0 spiro atoms. The number of amides is 1. The van der Waals surface area contributed by atoms with Crippen LogP contribution in [0.15, 0.2) is 47.5 Å². The summed E-state index contributed by atoms with van der Waals surface area (Å²) < 4.78 is 22.8. The van der Waals surface area contributed by atoms with Gasteiger partial charge in [-0.05, 0) is 30.3 Å². The van der Waals surface area contributed by atoms with Gasteiger partial charge in [0.1, 0.15) is 5.69 Å². The summed E-state index contributed by atoms with van der Waals surface area (Å²) in [6.45, 7) is 0. The lowest BCUT2D eigenvalue weighted by Crippen LogP contribution is -2.12. The zero-order valence-corrected chi connectivity index (χ0v) is 10.5. The minimum atomic E-state index is -3.27. The summed E-state index contributed by atoms with van der Waals surface area (Å²) in [5.74, 6) is -0.314. The highest BCUT2D eigenvalue weighted by molar-refractivity contribution is 7.90. The summed E-state index contributed by atoms with van der Waals surface area (Å²) in [5, 5.41) is 2.62. The molecule has 0 bridgehead atoms. The van der Waals surface area contributed by atoms with Crippen molar-refractivity contribution >= 4 is 21.4 Å². The minimum absolute atomic E-state index is 0.173. The average molecular weight is 264 g/mol. The van der Waals surface area contributed by atoms with Gasteiger partial charge >= 0.3 is 0 Å². The lowest BCUT2D eigenvalue weighted by atomic mass is 10.3. The minimum Gasteiger partial charge on any atom is -0.357 e. The largest absolute Gasteiger partial charge is 0.357 e. The molecule has 0 unspecified atom stereocenters. The van der Waals surface area contributed by atoms with Gasteiger partial charge in [0.2, 0.25) is 0 Å². The number of carbonyl (C=O) groups excluding carboxylic acids is 1. The number of nitrogens with one attached hydrogen (secondary N) is 2. The van der Waals surface area contributed by atoms with E-state index >= 15 is 0 Å². The first-order valence-electron chi connectivity index (χ1n) is 5.22. The highest BCUT2D eigenvalue weighted by atomic mass is 32.2. The van der Waals surface area contributed by atoms with Crippen LogP contribution in [0, 0.1) is 0 Å². The summed E-state index contributed by atoms with van der Waals surface area (Å²) >= 11 is 0. The van der Waals surface area contributed by atoms with Crippen LogP contribution < -0.4 is 5.32 Å². The zero-order chi connectivity index (χ0) is 13.2. The van der Waals surface area contributed by atoms with Gasteiger partial charge in [0.25, 0.3) is 5.91 Å². The normalized spacial score (nSPS) is 11.2. The number of aromatic amines is 1. The lowest BCUT2D eigenvalue weighted by Gasteiger charge is -2.05. The molecule has 0 aliphatic heterocycles. The third-order valence-electron chi connectivity index (χ3n) is 2.36. The first-order chi connectivity index (χ1) is 8.47. The molecule has 1 heterocycles. The van der Waals surface area contributed by atoms with Crippen molar-refractivity contribution in [3.05, 3.63) is 48.3 Å². The van der Waals surface area contributed by atoms with Crippen LogP contribution in [-0.2, 0) is 9.84 Å². The Hall–Kier alpha value is -2.08. The van der Waals surface area contributed by atoms with Crippen LogP contribution in [0.25, 0.3) is 0 Å². The van der Waals surface area contributed by atoms with Crippen molar-refractivity contribution < 1.29 is 13.2 Å². The fourth-order valence-corrected chi connectivity index (χ4v) is 2.14. The number of anilines is 1. The average Bonchev–Trinajstić information content (AvgIpc) is 2.81. The molecule has 0 saturated heterocycles. The third-order valence-corrected chi connectivity index (χ3v) is 3.47. The van der Waals surface area contributed by atoms with E-state index in [0.717, 1.165) is 6.26 Å². The van der Waals surface area contributed by atoms with Crippen LogP contribution in [0.3, 0.4) is 0 Å². The fraction of sp³-hybridized carbons (Fsp3) is 0.0833. The van der Waals surface area contributed by atoms with Gasteiger partial charge in [0, 0.05) is 18.1 Å². The summed E-state index contributed by atoms with van der Waals surface area (Å²) in [6.07, 6.45) is 2.76. The Morgan fingerprint density at radius 3 is 2.61 bits per heavy atom. The number of sulfone groups is 1. The van der Waals surface area contributed by atoms with E-state index in [0.29, 0.717) is 11.4 Å². The Balaban J connectivity index is 2.23. The Kier molecular flexibility index (Phi) is 3.20. The SMILES string of the molecule is CS(=O)(=O)c1cccc(NC(=O)c2ccc[nH]2)c1. The monoisotopic (exact) mass is 264 g/mol. The van der Waals surface area contributed by atoms with E-state index in [1.807, 2.05) is 0 Å². The van der Waals surface area contributed by atoms with Crippen LogP contribution in [0.1, 0.15) is 10.5 Å². The maximum absolute atomic E-state index is 11.7. The number of benzene rings is 1. The quantitative estimate of drug-likeness (QED) is 0.885. The molecule has 1 amide bonds. The molecular formula is C12H12N2O3S. The van der Waals surface area contributed by atoms with E-state index in [1.54, 1.807) is 30.5 Å². The number of H-pyrrole nitrogens is 1. The van der Waals surface area contributed by atoms with E-state index in [1.165, 1.54) is 12.1 Å². The number of hydrogen-bond donors (Lipinski definition) is 2. The molecule has 0 saturated carbocycles. The standard InChI is InChI=1S/C12H12N2O3S/c1-18(16,17)10-5-2-4-9(8-10)14-12(15)11-6-3-7-13-11/h2-8,13H,1H3,(H,14,15). The second-order valence-electron chi connectivity index (χ2n) is 3.84. The van der Waals surface area contributed by atoms with Gasteiger partial charge in [-0.2, -0.15) is 0 Å². The van der Waals surface area contributed by atoms with Crippen LogP contribution in [0.5, 0.6) is 0 Å². The molecule has 6 heteroatoms. The second kappa shape index (κ2) is 4.66. The van der Waals surface area contributed by atoms with Crippen molar-refractivity contribution in [2.75, 3.05) is 11.6 Å². The fourth-order valence-electron chi connectivity index (χ4n) is 1.47. The summed E-state index contributed by atoms with van der Waals surface area (Å²) in [5.41, 5.74) is 0.859. The molecule has 18 heavy (non-hydrogen) atoms. The van der Waals surface area contributed by atoms with Crippen LogP contribution in [0.2, 0.25) is 0 Å². The molecule has 2 rings (SSSR count). The molecule has 2 N–H and O–H groups in total. The van der Waals surface area contributed by atoms with Gasteiger partial charge in [0.05, 0.1) is 4.90 Å². The number of aromatic nitrogens is 1. The maximum atomic E-state index is 11.7. The number of rotatable bonds is 3. The third kappa shape index (κ3) is 2.78. The molecule has 0 atom stereocenters. The van der Waals surface area contributed by atoms with E-state index in [-0.39, 0.29) is 10.8 Å². The van der Waals surface area contributed by atoms with E-state index < -0.39 is 9.84 Å². The number of carbonyl (C=O) groups is 1. The van der Waals surface area contributed by atoms with Crippen molar-refractivity contribution in [1.29, 1.82) is 0 Å². The van der Waals surface area contributed by atoms with Crippen LogP contribution >= 0.6 is 0 Å². The van der Waals surface area contributed by atoms with Crippen molar-refractivity contribution in [2.45, 2.75) is 4.90 Å². The molecule has 1 aromatic carbocycles. The molecule has 0 aliphatic rings. The zero-order valence-electron chi connectivity index (χ0n) is 9.67. The topological polar surface area (TPSA) is 79.0 Å². The molecule has 5 nitrogen and oxygen atoms in total. The van der Waals surface area contributed by atoms with Crippen LogP contribution in [0.4, 0.5) is 5.69 Å². The van der Waals surface area contributed by atoms with Gasteiger partial charge in [-0.15, -0.1) is 0 Å². The van der Waals surface area contributed by atoms with Crippen molar-refractivity contribution in [2.24, 2.45) is 0 Å². The Morgan fingerprint density at radius 1 is 1.22 bits per heavy atom. The molecular weight excluding hydrogens is 252 g/mol. The van der Waals surface area contributed by atoms with Crippen molar-refractivity contribution in [3.8, 4) is 0 Å². The van der Waals surface area contributed by atoms with Crippen LogP contribution in [-0.4, -0.2) is 25.6 Å². The molecule has 1 aromatic heterocycles. The van der Waals surface area contributed by atoms with E-state index in [9.17, 15) is 13.2 Å². The summed E-state index contributed by atoms with van der Waals surface area (Å²) in [4.78, 5) is 14.7. The molecule has 0 radical (unpaired) electrons. The predicted octanol–water partition coefficient (Wildman–Crippen LogP) is 1.67. The smallest absolute Gasteiger partial charge is 0.272 e. The molecule has 94 valence electrons. The van der Waals surface area contributed by atoms with Gasteiger partial charge in [-0.25, -0.2) is 8.42 Å². The Morgan fingerprint density at radius 2 is 2.00 bits per heavy atom. The van der Waals surface area contributed by atoms with Gasteiger partial charge in [-0.3, -0.25) is 4.79 Å². The maximum Gasteiger partial charge on any atom is 0.272 e. The van der Waals surface area contributed by atoms with Gasteiger partial charge in [-0.1, -0.05) is 6.07 Å². The molecule has 0 aliphatic carbocycles. The first kappa shape index (κ1) is 12.4. The Bertz CT molecular complexity index is 660. The van der Waals surface area contributed by atoms with Gasteiger partial charge in [0.15, 0.2) is 9.84 Å². The van der Waals surface area contributed by atoms with E-state index in [2.05, 4.69) is 10.3 Å². The number of hydrogen-bond acceptors (Lipinski definition) is 3. The second-order valence-corrected chi connectivity index (χ2v) is 5.85. The molecule has 0 fully saturated rings. The summed E-state index contributed by atoms with van der Waals surface area (Å²) in [7, 11) is -3.27. The first-order valence-corrected chi connectivity index (χ1v) is 7.11. The highest BCUT2D eigenvalue weighted by Crippen LogP contribution is 2.15. The van der Waals surface area contributed by atoms with Crippen molar-refractivity contribution in [1.82, 2.24) is 4.98 Å². The molecule has 2 aromatic rings. The Labute approximate surface area is 105 Å².